The van der Waals surface area contributed by atoms with Gasteiger partial charge in [-0.1, -0.05) is 30.3 Å². The third-order valence-corrected chi connectivity index (χ3v) is 4.44. The third-order valence-electron chi connectivity index (χ3n) is 4.44. The summed E-state index contributed by atoms with van der Waals surface area (Å²) in [6.45, 7) is 0.753. The van der Waals surface area contributed by atoms with Gasteiger partial charge in [0.2, 0.25) is 5.91 Å². The molecular formula is C19H19F2NO2. The van der Waals surface area contributed by atoms with Crippen LogP contribution in [0.25, 0.3) is 0 Å². The molecule has 24 heavy (non-hydrogen) atoms. The second-order valence-electron chi connectivity index (χ2n) is 6.17. The smallest absolute Gasteiger partial charge is 0.227 e. The standard InChI is InChI=1S/C19H19F2NO2/c20-15-8-13(9-16(21)11-15)10-19(24)22-7-6-17(18(23)12-22)14-4-2-1-3-5-14/h1-5,8-9,11,17-18,23H,6-7,10,12H2/t17-,18-/m1/s1. The number of rotatable bonds is 3. The van der Waals surface area contributed by atoms with Crippen LogP contribution in [0.3, 0.4) is 0 Å². The molecule has 1 aliphatic rings. The summed E-state index contributed by atoms with van der Waals surface area (Å²) < 4.78 is 26.4. The molecule has 0 unspecified atom stereocenters. The van der Waals surface area contributed by atoms with Gasteiger partial charge >= 0.3 is 0 Å². The SMILES string of the molecule is O=C(Cc1cc(F)cc(F)c1)N1CC[C@H](c2ccccc2)[C@H](O)C1. The molecule has 0 radical (unpaired) electrons. The molecule has 126 valence electrons. The lowest BCUT2D eigenvalue weighted by Gasteiger charge is -2.36. The number of β-amino-alcohol motifs (C(OH)–C–C–N with tert-alkyl or cyclic N) is 1. The fourth-order valence-electron chi connectivity index (χ4n) is 3.25. The minimum atomic E-state index is -0.694. The number of carbonyl (C=O) groups excluding carboxylic acids is 1. The van der Waals surface area contributed by atoms with Gasteiger partial charge in [-0.3, -0.25) is 4.79 Å². The predicted octanol–water partition coefficient (Wildman–Crippen LogP) is 2.88. The minimum absolute atomic E-state index is 0.00173. The van der Waals surface area contributed by atoms with Crippen molar-refractivity contribution in [2.24, 2.45) is 0 Å². The summed E-state index contributed by atoms with van der Waals surface area (Å²) in [4.78, 5) is 13.9. The lowest BCUT2D eigenvalue weighted by atomic mass is 9.87. The molecule has 1 heterocycles. The van der Waals surface area contributed by atoms with E-state index >= 15 is 0 Å². The van der Waals surface area contributed by atoms with Crippen molar-refractivity contribution in [1.29, 1.82) is 0 Å². The number of halogens is 2. The topological polar surface area (TPSA) is 40.5 Å². The Balaban J connectivity index is 1.64. The van der Waals surface area contributed by atoms with Gasteiger partial charge in [0.05, 0.1) is 12.5 Å². The van der Waals surface area contributed by atoms with Gasteiger partial charge in [0.1, 0.15) is 11.6 Å². The Morgan fingerprint density at radius 2 is 1.79 bits per heavy atom. The van der Waals surface area contributed by atoms with Crippen LogP contribution in [0.1, 0.15) is 23.5 Å². The van der Waals surface area contributed by atoms with Gasteiger partial charge in [-0.15, -0.1) is 0 Å². The molecule has 2 atom stereocenters. The van der Waals surface area contributed by atoms with E-state index in [0.29, 0.717) is 18.5 Å². The fourth-order valence-corrected chi connectivity index (χ4v) is 3.25. The van der Waals surface area contributed by atoms with Crippen molar-refractivity contribution < 1.29 is 18.7 Å². The van der Waals surface area contributed by atoms with Crippen molar-refractivity contribution in [3.63, 3.8) is 0 Å². The number of amides is 1. The number of piperidine rings is 1. The molecule has 5 heteroatoms. The number of hydrogen-bond acceptors (Lipinski definition) is 2. The first-order valence-corrected chi connectivity index (χ1v) is 7.98. The Hall–Kier alpha value is -2.27. The molecule has 1 saturated heterocycles. The molecular weight excluding hydrogens is 312 g/mol. The fraction of sp³-hybridized carbons (Fsp3) is 0.316. The predicted molar refractivity (Wildman–Crippen MR) is 86.4 cm³/mol. The Morgan fingerprint density at radius 1 is 1.12 bits per heavy atom. The van der Waals surface area contributed by atoms with Crippen molar-refractivity contribution >= 4 is 5.91 Å². The van der Waals surface area contributed by atoms with Crippen molar-refractivity contribution in [3.8, 4) is 0 Å². The van der Waals surface area contributed by atoms with E-state index in [0.717, 1.165) is 23.8 Å². The van der Waals surface area contributed by atoms with Crippen LogP contribution in [0.15, 0.2) is 48.5 Å². The number of likely N-dealkylation sites (tertiary alicyclic amines) is 1. The van der Waals surface area contributed by atoms with E-state index in [2.05, 4.69) is 0 Å². The normalized spacial score (nSPS) is 20.9. The number of nitrogens with zero attached hydrogens (tertiary/aromatic N) is 1. The zero-order valence-electron chi connectivity index (χ0n) is 13.2. The Labute approximate surface area is 139 Å². The van der Waals surface area contributed by atoms with Crippen LogP contribution in [0.4, 0.5) is 8.78 Å². The zero-order valence-corrected chi connectivity index (χ0v) is 13.2. The number of hydrogen-bond donors (Lipinski definition) is 1. The maximum atomic E-state index is 13.2. The molecule has 0 aliphatic carbocycles. The highest BCUT2D eigenvalue weighted by Gasteiger charge is 2.30. The average molecular weight is 331 g/mol. The van der Waals surface area contributed by atoms with Crippen molar-refractivity contribution in [2.75, 3.05) is 13.1 Å². The van der Waals surface area contributed by atoms with Crippen LogP contribution in [0.2, 0.25) is 0 Å². The highest BCUT2D eigenvalue weighted by molar-refractivity contribution is 5.79. The monoisotopic (exact) mass is 331 g/mol. The van der Waals surface area contributed by atoms with Crippen LogP contribution in [0.5, 0.6) is 0 Å². The summed E-state index contributed by atoms with van der Waals surface area (Å²) in [5.41, 5.74) is 1.36. The van der Waals surface area contributed by atoms with E-state index in [4.69, 9.17) is 0 Å². The van der Waals surface area contributed by atoms with Crippen LogP contribution < -0.4 is 0 Å². The summed E-state index contributed by atoms with van der Waals surface area (Å²) >= 11 is 0. The summed E-state index contributed by atoms with van der Waals surface area (Å²) in [5.74, 6) is -1.62. The van der Waals surface area contributed by atoms with E-state index in [1.54, 1.807) is 4.90 Å². The first-order valence-electron chi connectivity index (χ1n) is 7.98. The number of carbonyl (C=O) groups is 1. The molecule has 0 aromatic heterocycles. The van der Waals surface area contributed by atoms with Crippen LogP contribution in [0, 0.1) is 11.6 Å². The van der Waals surface area contributed by atoms with Crippen molar-refractivity contribution in [2.45, 2.75) is 24.9 Å². The number of aliphatic hydroxyl groups excluding tert-OH is 1. The van der Waals surface area contributed by atoms with E-state index in [1.165, 1.54) is 0 Å². The molecule has 2 aromatic rings. The first kappa shape index (κ1) is 16.6. The summed E-state index contributed by atoms with van der Waals surface area (Å²) in [6.07, 6.45) is -0.0550. The van der Waals surface area contributed by atoms with Gasteiger partial charge in [-0.05, 0) is 29.7 Å². The average Bonchev–Trinajstić information content (AvgIpc) is 2.54. The van der Waals surface area contributed by atoms with E-state index < -0.39 is 17.7 Å². The Bertz CT molecular complexity index is 700. The van der Waals surface area contributed by atoms with Crippen LogP contribution in [-0.2, 0) is 11.2 Å². The maximum Gasteiger partial charge on any atom is 0.227 e. The van der Waals surface area contributed by atoms with Gasteiger partial charge in [-0.2, -0.15) is 0 Å². The molecule has 2 aromatic carbocycles. The molecule has 1 N–H and O–H groups in total. The molecule has 3 nitrogen and oxygen atoms in total. The molecule has 3 rings (SSSR count). The largest absolute Gasteiger partial charge is 0.391 e. The maximum absolute atomic E-state index is 13.2. The molecule has 0 bridgehead atoms. The van der Waals surface area contributed by atoms with E-state index in [9.17, 15) is 18.7 Å². The van der Waals surface area contributed by atoms with Crippen molar-refractivity contribution in [1.82, 2.24) is 4.90 Å². The molecule has 0 spiro atoms. The lowest BCUT2D eigenvalue weighted by molar-refractivity contribution is -0.134. The molecule has 1 aliphatic heterocycles. The molecule has 1 amide bonds. The summed E-state index contributed by atoms with van der Waals surface area (Å²) in [6, 6.07) is 12.8. The zero-order chi connectivity index (χ0) is 17.1. The Morgan fingerprint density at radius 3 is 2.42 bits per heavy atom. The summed E-state index contributed by atoms with van der Waals surface area (Å²) in [7, 11) is 0. The van der Waals surface area contributed by atoms with E-state index in [1.807, 2.05) is 30.3 Å². The van der Waals surface area contributed by atoms with Crippen molar-refractivity contribution in [3.05, 3.63) is 71.3 Å². The molecule has 0 saturated carbocycles. The number of aliphatic hydroxyl groups is 1. The Kier molecular flexibility index (Phi) is 4.90. The third kappa shape index (κ3) is 3.79. The van der Waals surface area contributed by atoms with Gasteiger partial charge < -0.3 is 10.0 Å². The number of benzene rings is 2. The highest BCUT2D eigenvalue weighted by atomic mass is 19.1. The van der Waals surface area contributed by atoms with Crippen LogP contribution in [-0.4, -0.2) is 35.1 Å². The highest BCUT2D eigenvalue weighted by Crippen LogP contribution is 2.28. The van der Waals surface area contributed by atoms with E-state index in [-0.39, 0.29) is 24.8 Å². The second kappa shape index (κ2) is 7.09. The van der Waals surface area contributed by atoms with Gasteiger partial charge in [0.15, 0.2) is 0 Å². The quantitative estimate of drug-likeness (QED) is 0.939. The van der Waals surface area contributed by atoms with Gasteiger partial charge in [0.25, 0.3) is 0 Å². The second-order valence-corrected chi connectivity index (χ2v) is 6.17. The lowest BCUT2D eigenvalue weighted by Crippen LogP contribution is -2.46. The first-order chi connectivity index (χ1) is 11.5. The minimum Gasteiger partial charge on any atom is -0.391 e. The van der Waals surface area contributed by atoms with Gasteiger partial charge in [0, 0.05) is 25.1 Å². The summed E-state index contributed by atoms with van der Waals surface area (Å²) in [5, 5.41) is 10.4. The molecule has 1 fully saturated rings. The van der Waals surface area contributed by atoms with Crippen LogP contribution >= 0.6 is 0 Å². The van der Waals surface area contributed by atoms with Gasteiger partial charge in [-0.25, -0.2) is 8.78 Å².